The Balaban J connectivity index is 2.14. The second kappa shape index (κ2) is 6.90. The van der Waals surface area contributed by atoms with Gasteiger partial charge in [-0.05, 0) is 25.5 Å². The third kappa shape index (κ3) is 3.22. The molecule has 0 bridgehead atoms. The highest BCUT2D eigenvalue weighted by Gasteiger charge is 2.14. The Kier molecular flexibility index (Phi) is 5.20. The first-order chi connectivity index (χ1) is 9.67. The number of hydrogen-bond acceptors (Lipinski definition) is 3. The molecule has 0 aliphatic carbocycles. The van der Waals surface area contributed by atoms with Crippen molar-refractivity contribution in [1.82, 2.24) is 24.9 Å². The van der Waals surface area contributed by atoms with E-state index < -0.39 is 0 Å². The Labute approximate surface area is 124 Å². The zero-order valence-corrected chi connectivity index (χ0v) is 13.1. The maximum Gasteiger partial charge on any atom is 0.0869 e. The molecule has 0 radical (unpaired) electrons. The van der Waals surface area contributed by atoms with E-state index in [9.17, 15) is 0 Å². The molecule has 110 valence electrons. The molecule has 0 spiro atoms. The van der Waals surface area contributed by atoms with Crippen molar-refractivity contribution in [2.75, 3.05) is 6.54 Å². The highest BCUT2D eigenvalue weighted by molar-refractivity contribution is 6.31. The largest absolute Gasteiger partial charge is 0.311 e. The van der Waals surface area contributed by atoms with E-state index in [1.807, 2.05) is 28.7 Å². The molecule has 0 aliphatic heterocycles. The lowest BCUT2D eigenvalue weighted by Gasteiger charge is -2.09. The van der Waals surface area contributed by atoms with Gasteiger partial charge in [0.15, 0.2) is 0 Å². The number of aromatic nitrogens is 4. The van der Waals surface area contributed by atoms with Crippen LogP contribution in [-0.4, -0.2) is 26.1 Å². The van der Waals surface area contributed by atoms with Gasteiger partial charge in [0.2, 0.25) is 0 Å². The molecule has 6 heteroatoms. The summed E-state index contributed by atoms with van der Waals surface area (Å²) in [6, 6.07) is 2.04. The van der Waals surface area contributed by atoms with Gasteiger partial charge in [0.05, 0.1) is 28.6 Å². The average molecular weight is 296 g/mol. The van der Waals surface area contributed by atoms with Gasteiger partial charge >= 0.3 is 0 Å². The fourth-order valence-electron chi connectivity index (χ4n) is 2.18. The van der Waals surface area contributed by atoms with E-state index in [-0.39, 0.29) is 0 Å². The quantitative estimate of drug-likeness (QED) is 0.798. The fourth-order valence-corrected chi connectivity index (χ4v) is 2.53. The lowest BCUT2D eigenvalue weighted by molar-refractivity contribution is 0.568. The van der Waals surface area contributed by atoms with Crippen LogP contribution in [0.3, 0.4) is 0 Å². The third-order valence-electron chi connectivity index (χ3n) is 3.34. The number of nitrogens with one attached hydrogen (secondary N) is 1. The van der Waals surface area contributed by atoms with Crippen LogP contribution < -0.4 is 5.32 Å². The van der Waals surface area contributed by atoms with Gasteiger partial charge in [-0.15, -0.1) is 0 Å². The van der Waals surface area contributed by atoms with E-state index >= 15 is 0 Å². The van der Waals surface area contributed by atoms with Crippen LogP contribution in [0.1, 0.15) is 37.4 Å². The molecule has 0 aliphatic rings. The molecule has 20 heavy (non-hydrogen) atoms. The fraction of sp³-hybridized carbons (Fsp3) is 0.571. The van der Waals surface area contributed by atoms with Crippen LogP contribution in [0.2, 0.25) is 5.02 Å². The van der Waals surface area contributed by atoms with E-state index in [0.717, 1.165) is 48.0 Å². The molecule has 0 atom stereocenters. The van der Waals surface area contributed by atoms with Gasteiger partial charge in [0, 0.05) is 19.8 Å². The number of aryl methyl sites for hydroxylation is 2. The Morgan fingerprint density at radius 2 is 2.15 bits per heavy atom. The predicted octanol–water partition coefficient (Wildman–Crippen LogP) is 2.38. The van der Waals surface area contributed by atoms with E-state index in [4.69, 9.17) is 11.6 Å². The van der Waals surface area contributed by atoms with Crippen molar-refractivity contribution >= 4 is 11.6 Å². The standard InChI is InChI=1S/C14H22ClN5/c1-4-7-16-9-11-6-8-17-20(11)10-13-14(15)12(5-2)18-19(13)3/h6,8,16H,4-5,7,9-10H2,1-3H3. The van der Waals surface area contributed by atoms with Gasteiger partial charge in [-0.3, -0.25) is 9.36 Å². The van der Waals surface area contributed by atoms with E-state index in [0.29, 0.717) is 6.54 Å². The Morgan fingerprint density at radius 3 is 2.80 bits per heavy atom. The van der Waals surface area contributed by atoms with Crippen molar-refractivity contribution in [3.8, 4) is 0 Å². The van der Waals surface area contributed by atoms with Crippen LogP contribution in [-0.2, 0) is 26.6 Å². The number of rotatable bonds is 7. The second-order valence-corrected chi connectivity index (χ2v) is 5.22. The number of halogens is 1. The predicted molar refractivity (Wildman–Crippen MR) is 80.9 cm³/mol. The summed E-state index contributed by atoms with van der Waals surface area (Å²) in [4.78, 5) is 0. The minimum atomic E-state index is 0.651. The average Bonchev–Trinajstić information content (AvgIpc) is 2.98. The Bertz CT molecular complexity index is 558. The smallest absolute Gasteiger partial charge is 0.0869 e. The van der Waals surface area contributed by atoms with Gasteiger partial charge in [0.25, 0.3) is 0 Å². The summed E-state index contributed by atoms with van der Waals surface area (Å²) in [5.41, 5.74) is 3.11. The summed E-state index contributed by atoms with van der Waals surface area (Å²) < 4.78 is 3.83. The maximum atomic E-state index is 6.39. The zero-order valence-electron chi connectivity index (χ0n) is 12.4. The Morgan fingerprint density at radius 1 is 1.35 bits per heavy atom. The number of hydrogen-bond donors (Lipinski definition) is 1. The minimum Gasteiger partial charge on any atom is -0.311 e. The molecule has 0 fully saturated rings. The lowest BCUT2D eigenvalue weighted by Crippen LogP contribution is -2.18. The van der Waals surface area contributed by atoms with E-state index in [1.54, 1.807) is 0 Å². The molecule has 2 aromatic heterocycles. The second-order valence-electron chi connectivity index (χ2n) is 4.84. The van der Waals surface area contributed by atoms with Gasteiger partial charge in [-0.2, -0.15) is 10.2 Å². The monoisotopic (exact) mass is 295 g/mol. The zero-order chi connectivity index (χ0) is 14.5. The molecule has 0 unspecified atom stereocenters. The molecule has 0 amide bonds. The van der Waals surface area contributed by atoms with Crippen molar-refractivity contribution in [2.24, 2.45) is 7.05 Å². The normalized spacial score (nSPS) is 11.2. The summed E-state index contributed by atoms with van der Waals surface area (Å²) in [6.45, 7) is 6.71. The molecule has 5 nitrogen and oxygen atoms in total. The maximum absolute atomic E-state index is 6.39. The summed E-state index contributed by atoms with van der Waals surface area (Å²) in [6.07, 6.45) is 3.80. The van der Waals surface area contributed by atoms with E-state index in [1.165, 1.54) is 0 Å². The van der Waals surface area contributed by atoms with Crippen LogP contribution in [0.15, 0.2) is 12.3 Å². The molecular weight excluding hydrogens is 274 g/mol. The van der Waals surface area contributed by atoms with Crippen molar-refractivity contribution in [3.63, 3.8) is 0 Å². The summed E-state index contributed by atoms with van der Waals surface area (Å²) >= 11 is 6.39. The SMILES string of the molecule is CCCNCc1ccnn1Cc1c(Cl)c(CC)nn1C. The summed E-state index contributed by atoms with van der Waals surface area (Å²) in [5.74, 6) is 0. The van der Waals surface area contributed by atoms with Gasteiger partial charge in [-0.25, -0.2) is 0 Å². The summed E-state index contributed by atoms with van der Waals surface area (Å²) in [5, 5.41) is 13.0. The van der Waals surface area contributed by atoms with Crippen LogP contribution in [0.5, 0.6) is 0 Å². The molecule has 2 rings (SSSR count). The molecular formula is C14H22ClN5. The van der Waals surface area contributed by atoms with Crippen LogP contribution in [0.25, 0.3) is 0 Å². The van der Waals surface area contributed by atoms with Gasteiger partial charge in [0.1, 0.15) is 0 Å². The van der Waals surface area contributed by atoms with Gasteiger partial charge < -0.3 is 5.32 Å². The van der Waals surface area contributed by atoms with Crippen molar-refractivity contribution in [3.05, 3.63) is 34.4 Å². The molecule has 2 aromatic rings. The van der Waals surface area contributed by atoms with Crippen molar-refractivity contribution < 1.29 is 0 Å². The van der Waals surface area contributed by atoms with Crippen molar-refractivity contribution in [2.45, 2.75) is 39.8 Å². The number of nitrogens with zero attached hydrogens (tertiary/aromatic N) is 4. The van der Waals surface area contributed by atoms with Crippen LogP contribution >= 0.6 is 11.6 Å². The topological polar surface area (TPSA) is 47.7 Å². The lowest BCUT2D eigenvalue weighted by atomic mass is 10.3. The van der Waals surface area contributed by atoms with E-state index in [2.05, 4.69) is 29.4 Å². The first kappa shape index (κ1) is 15.1. The minimum absolute atomic E-state index is 0.651. The highest BCUT2D eigenvalue weighted by Crippen LogP contribution is 2.21. The van der Waals surface area contributed by atoms with Crippen LogP contribution in [0, 0.1) is 0 Å². The first-order valence-electron chi connectivity index (χ1n) is 7.09. The van der Waals surface area contributed by atoms with Gasteiger partial charge in [-0.1, -0.05) is 25.4 Å². The molecule has 1 N–H and O–H groups in total. The molecule has 0 saturated carbocycles. The molecule has 0 aromatic carbocycles. The first-order valence-corrected chi connectivity index (χ1v) is 7.46. The molecule has 2 heterocycles. The van der Waals surface area contributed by atoms with Crippen LogP contribution in [0.4, 0.5) is 0 Å². The summed E-state index contributed by atoms with van der Waals surface area (Å²) in [7, 11) is 1.93. The Hall–Kier alpha value is -1.33. The highest BCUT2D eigenvalue weighted by atomic mass is 35.5. The molecule has 0 saturated heterocycles. The third-order valence-corrected chi connectivity index (χ3v) is 3.78. The van der Waals surface area contributed by atoms with Crippen molar-refractivity contribution in [1.29, 1.82) is 0 Å².